The Balaban J connectivity index is 1.72. The highest BCUT2D eigenvalue weighted by Gasteiger charge is 2.46. The second kappa shape index (κ2) is 3.40. The SMILES string of the molecule is CN1CC2CC3CS(C)(C)CC3CC2C1. The molecular formula is C13H25NS. The Morgan fingerprint density at radius 3 is 1.80 bits per heavy atom. The van der Waals surface area contributed by atoms with E-state index in [2.05, 4.69) is 24.5 Å². The zero-order chi connectivity index (χ0) is 10.6. The molecule has 0 aromatic heterocycles. The molecule has 88 valence electrons. The number of fused-ring (bicyclic) bond motifs is 2. The van der Waals surface area contributed by atoms with E-state index in [1.165, 1.54) is 13.1 Å². The van der Waals surface area contributed by atoms with Gasteiger partial charge in [-0.05, 0) is 67.6 Å². The number of rotatable bonds is 0. The minimum Gasteiger partial charge on any atom is -0.306 e. The van der Waals surface area contributed by atoms with Crippen LogP contribution in [0.5, 0.6) is 0 Å². The first-order valence-corrected chi connectivity index (χ1v) is 9.19. The smallest absolute Gasteiger partial charge is 0.000996 e. The second-order valence-corrected chi connectivity index (χ2v) is 11.0. The van der Waals surface area contributed by atoms with Crippen molar-refractivity contribution >= 4 is 10.0 Å². The van der Waals surface area contributed by atoms with Gasteiger partial charge in [0.05, 0.1) is 0 Å². The molecule has 0 aromatic rings. The predicted octanol–water partition coefficient (Wildman–Crippen LogP) is 2.27. The molecule has 0 spiro atoms. The van der Waals surface area contributed by atoms with Crippen LogP contribution in [0.3, 0.4) is 0 Å². The molecule has 3 fully saturated rings. The van der Waals surface area contributed by atoms with Gasteiger partial charge < -0.3 is 4.90 Å². The molecular weight excluding hydrogens is 202 g/mol. The van der Waals surface area contributed by atoms with Crippen molar-refractivity contribution in [3.8, 4) is 0 Å². The Kier molecular flexibility index (Phi) is 2.37. The minimum atomic E-state index is -0.187. The van der Waals surface area contributed by atoms with E-state index in [1.54, 1.807) is 24.3 Å². The van der Waals surface area contributed by atoms with Crippen LogP contribution in [-0.2, 0) is 0 Å². The van der Waals surface area contributed by atoms with Crippen molar-refractivity contribution in [3.05, 3.63) is 0 Å². The van der Waals surface area contributed by atoms with Gasteiger partial charge in [-0.3, -0.25) is 0 Å². The fraction of sp³-hybridized carbons (Fsp3) is 1.00. The van der Waals surface area contributed by atoms with Gasteiger partial charge >= 0.3 is 0 Å². The molecule has 2 aliphatic heterocycles. The molecule has 2 heterocycles. The van der Waals surface area contributed by atoms with E-state index in [9.17, 15) is 0 Å². The zero-order valence-corrected chi connectivity index (χ0v) is 11.2. The molecule has 2 heteroatoms. The number of hydrogen-bond acceptors (Lipinski definition) is 1. The van der Waals surface area contributed by atoms with Gasteiger partial charge in [0.15, 0.2) is 0 Å². The van der Waals surface area contributed by atoms with Crippen LogP contribution in [0.25, 0.3) is 0 Å². The van der Waals surface area contributed by atoms with Crippen LogP contribution >= 0.6 is 10.0 Å². The fourth-order valence-electron chi connectivity index (χ4n) is 4.51. The average Bonchev–Trinajstić information content (AvgIpc) is 2.55. The third-order valence-electron chi connectivity index (χ3n) is 4.97. The van der Waals surface area contributed by atoms with Crippen LogP contribution in [0.4, 0.5) is 0 Å². The summed E-state index contributed by atoms with van der Waals surface area (Å²) in [6.45, 7) is 2.79. The van der Waals surface area contributed by atoms with Crippen LogP contribution in [0.1, 0.15) is 12.8 Å². The fourth-order valence-corrected chi connectivity index (χ4v) is 7.78. The van der Waals surface area contributed by atoms with Gasteiger partial charge in [-0.15, -0.1) is 0 Å². The Labute approximate surface area is 95.9 Å². The van der Waals surface area contributed by atoms with Crippen LogP contribution in [-0.4, -0.2) is 49.1 Å². The highest BCUT2D eigenvalue weighted by Crippen LogP contribution is 2.58. The number of likely N-dealkylation sites (tertiary alicyclic amines) is 1. The molecule has 0 radical (unpaired) electrons. The van der Waals surface area contributed by atoms with Crippen molar-refractivity contribution in [2.75, 3.05) is 44.2 Å². The summed E-state index contributed by atoms with van der Waals surface area (Å²) >= 11 is 0. The summed E-state index contributed by atoms with van der Waals surface area (Å²) in [6, 6.07) is 0. The Hall–Kier alpha value is 0.310. The lowest BCUT2D eigenvalue weighted by atomic mass is 9.71. The maximum Gasteiger partial charge on any atom is 0.000996 e. The van der Waals surface area contributed by atoms with Crippen molar-refractivity contribution in [3.63, 3.8) is 0 Å². The molecule has 2 saturated heterocycles. The third kappa shape index (κ3) is 1.84. The molecule has 1 saturated carbocycles. The van der Waals surface area contributed by atoms with Crippen LogP contribution < -0.4 is 0 Å². The summed E-state index contributed by atoms with van der Waals surface area (Å²) < 4.78 is 0. The van der Waals surface area contributed by atoms with Crippen molar-refractivity contribution in [2.24, 2.45) is 23.7 Å². The van der Waals surface area contributed by atoms with Crippen molar-refractivity contribution in [1.29, 1.82) is 0 Å². The molecule has 3 rings (SSSR count). The van der Waals surface area contributed by atoms with Crippen molar-refractivity contribution in [1.82, 2.24) is 4.90 Å². The van der Waals surface area contributed by atoms with Gasteiger partial charge in [-0.1, -0.05) is 0 Å². The predicted molar refractivity (Wildman–Crippen MR) is 69.9 cm³/mol. The lowest BCUT2D eigenvalue weighted by Gasteiger charge is -2.33. The van der Waals surface area contributed by atoms with Gasteiger partial charge in [0.25, 0.3) is 0 Å². The Morgan fingerprint density at radius 1 is 0.867 bits per heavy atom. The van der Waals surface area contributed by atoms with Gasteiger partial charge in [0.1, 0.15) is 0 Å². The highest BCUT2D eigenvalue weighted by atomic mass is 32.3. The van der Waals surface area contributed by atoms with E-state index in [1.807, 2.05) is 0 Å². The summed E-state index contributed by atoms with van der Waals surface area (Å²) in [5, 5.41) is 0. The molecule has 4 atom stereocenters. The maximum atomic E-state index is 2.56. The summed E-state index contributed by atoms with van der Waals surface area (Å²) in [5.41, 5.74) is 0. The van der Waals surface area contributed by atoms with Crippen molar-refractivity contribution in [2.45, 2.75) is 12.8 Å². The Bertz CT molecular complexity index is 239. The topological polar surface area (TPSA) is 3.24 Å². The average molecular weight is 227 g/mol. The molecule has 0 bridgehead atoms. The first-order chi connectivity index (χ1) is 7.03. The molecule has 3 aliphatic rings. The lowest BCUT2D eigenvalue weighted by molar-refractivity contribution is 0.184. The zero-order valence-electron chi connectivity index (χ0n) is 10.4. The molecule has 1 nitrogen and oxygen atoms in total. The molecule has 4 unspecified atom stereocenters. The third-order valence-corrected chi connectivity index (χ3v) is 7.63. The van der Waals surface area contributed by atoms with E-state index in [-0.39, 0.29) is 10.0 Å². The minimum absolute atomic E-state index is 0.187. The van der Waals surface area contributed by atoms with E-state index in [0.29, 0.717) is 0 Å². The summed E-state index contributed by atoms with van der Waals surface area (Å²) in [4.78, 5) is 2.56. The largest absolute Gasteiger partial charge is 0.306 e. The highest BCUT2D eigenvalue weighted by molar-refractivity contribution is 8.32. The number of hydrogen-bond donors (Lipinski definition) is 0. The van der Waals surface area contributed by atoms with Gasteiger partial charge in [-0.2, -0.15) is 0 Å². The normalized spacial score (nSPS) is 51.1. The van der Waals surface area contributed by atoms with Crippen LogP contribution in [0.2, 0.25) is 0 Å². The first-order valence-electron chi connectivity index (χ1n) is 6.41. The molecule has 15 heavy (non-hydrogen) atoms. The number of nitrogens with zero attached hydrogens (tertiary/aromatic N) is 1. The van der Waals surface area contributed by atoms with E-state index >= 15 is 0 Å². The summed E-state index contributed by atoms with van der Waals surface area (Å²) in [7, 11) is 2.12. The lowest BCUT2D eigenvalue weighted by Crippen LogP contribution is -2.30. The second-order valence-electron chi connectivity index (χ2n) is 6.83. The standard InChI is InChI=1S/C13H25NS/c1-14-6-10-4-12-8-15(2,3)9-13(12)5-11(10)7-14/h10-13H,4-9H2,1-3H3. The monoisotopic (exact) mass is 227 g/mol. The molecule has 0 amide bonds. The van der Waals surface area contributed by atoms with Gasteiger partial charge in [0.2, 0.25) is 0 Å². The maximum absolute atomic E-state index is 2.56. The van der Waals surface area contributed by atoms with E-state index in [0.717, 1.165) is 23.7 Å². The molecule has 0 aromatic carbocycles. The van der Waals surface area contributed by atoms with Crippen molar-refractivity contribution < 1.29 is 0 Å². The van der Waals surface area contributed by atoms with Crippen LogP contribution in [0.15, 0.2) is 0 Å². The van der Waals surface area contributed by atoms with Gasteiger partial charge in [-0.25, -0.2) is 10.0 Å². The van der Waals surface area contributed by atoms with Crippen LogP contribution in [0, 0.1) is 23.7 Å². The first kappa shape index (κ1) is 10.5. The molecule has 1 aliphatic carbocycles. The van der Waals surface area contributed by atoms with E-state index < -0.39 is 0 Å². The Morgan fingerprint density at radius 2 is 1.33 bits per heavy atom. The molecule has 0 N–H and O–H groups in total. The quantitative estimate of drug-likeness (QED) is 0.614. The summed E-state index contributed by atoms with van der Waals surface area (Å²) in [6.07, 6.45) is 8.26. The van der Waals surface area contributed by atoms with E-state index in [4.69, 9.17) is 0 Å². The van der Waals surface area contributed by atoms with Gasteiger partial charge in [0, 0.05) is 13.1 Å². The summed E-state index contributed by atoms with van der Waals surface area (Å²) in [5.74, 6) is 7.52.